The van der Waals surface area contributed by atoms with E-state index in [-0.39, 0.29) is 12.3 Å². The van der Waals surface area contributed by atoms with Crippen LogP contribution < -0.4 is 10.1 Å². The van der Waals surface area contributed by atoms with Crippen LogP contribution in [-0.2, 0) is 17.6 Å². The summed E-state index contributed by atoms with van der Waals surface area (Å²) in [6.07, 6.45) is 2.84. The van der Waals surface area contributed by atoms with Gasteiger partial charge < -0.3 is 10.1 Å². The maximum atomic E-state index is 12.5. The fourth-order valence-corrected chi connectivity index (χ4v) is 3.81. The molecule has 28 heavy (non-hydrogen) atoms. The largest absolute Gasteiger partial charge is 0.492 e. The number of hydrogen-bond acceptors (Lipinski definition) is 5. The van der Waals surface area contributed by atoms with Crippen molar-refractivity contribution in [3.8, 4) is 10.9 Å². The smallest absolute Gasteiger partial charge is 0.230 e. The highest BCUT2D eigenvalue weighted by atomic mass is 32.1. The van der Waals surface area contributed by atoms with Crippen molar-refractivity contribution < 1.29 is 9.53 Å². The molecule has 146 valence electrons. The van der Waals surface area contributed by atoms with Crippen LogP contribution in [0.4, 0.5) is 5.69 Å². The molecule has 3 rings (SSSR count). The van der Waals surface area contributed by atoms with E-state index >= 15 is 0 Å². The molecule has 2 aromatic heterocycles. The molecule has 0 unspecified atom stereocenters. The molecule has 0 bridgehead atoms. The normalized spacial score (nSPS) is 10.7. The topological polar surface area (TPSA) is 69.0 Å². The van der Waals surface area contributed by atoms with Gasteiger partial charge in [0.25, 0.3) is 0 Å². The van der Waals surface area contributed by atoms with Gasteiger partial charge >= 0.3 is 0 Å². The molecule has 0 saturated carbocycles. The minimum Gasteiger partial charge on any atom is -0.492 e. The second-order valence-corrected chi connectivity index (χ2v) is 7.17. The second-order valence-electron chi connectivity index (χ2n) is 6.33. The molecule has 1 N–H and O–H groups in total. The third-order valence-electron chi connectivity index (χ3n) is 4.31. The number of ether oxygens (including phenoxy) is 1. The summed E-state index contributed by atoms with van der Waals surface area (Å²) >= 11 is 1.48. The number of thiazole rings is 1. The minimum atomic E-state index is -0.135. The van der Waals surface area contributed by atoms with Crippen LogP contribution in [0.2, 0.25) is 0 Å². The lowest BCUT2D eigenvalue weighted by Crippen LogP contribution is -2.15. The summed E-state index contributed by atoms with van der Waals surface area (Å²) in [6.45, 7) is 10.3. The van der Waals surface area contributed by atoms with E-state index in [0.29, 0.717) is 23.7 Å². The molecule has 1 amide bonds. The Morgan fingerprint density at radius 1 is 1.36 bits per heavy atom. The molecule has 6 nitrogen and oxygen atoms in total. The van der Waals surface area contributed by atoms with Crippen molar-refractivity contribution in [2.24, 2.45) is 0 Å². The fourth-order valence-electron chi connectivity index (χ4n) is 2.99. The molecule has 1 aromatic carbocycles. The predicted octanol–water partition coefficient (Wildman–Crippen LogP) is 4.25. The summed E-state index contributed by atoms with van der Waals surface area (Å²) in [5.41, 5.74) is 4.56. The average Bonchev–Trinajstić information content (AvgIpc) is 3.23. The third kappa shape index (κ3) is 4.31. The Morgan fingerprint density at radius 3 is 2.89 bits per heavy atom. The molecule has 7 heteroatoms. The number of para-hydroxylation sites is 2. The van der Waals surface area contributed by atoms with Gasteiger partial charge in [0.2, 0.25) is 11.0 Å². The standard InChI is InChI=1S/C21H24N4O2S/c1-5-9-17-14(3)24-25(15(17)4)21-22-16(13-28-21)12-20(26)23-18-10-7-8-11-19(18)27-6-2/h5,7-8,10-11,13H,1,6,9,12H2,2-4H3,(H,23,26). The SMILES string of the molecule is C=CCc1c(C)nn(-c2nc(CC(=O)Nc3ccccc3OCC)cs2)c1C. The van der Waals surface area contributed by atoms with Crippen molar-refractivity contribution in [1.29, 1.82) is 0 Å². The maximum Gasteiger partial charge on any atom is 0.230 e. The van der Waals surface area contributed by atoms with E-state index in [1.165, 1.54) is 11.3 Å². The molecule has 0 radical (unpaired) electrons. The van der Waals surface area contributed by atoms with Crippen molar-refractivity contribution in [3.05, 3.63) is 64.9 Å². The Morgan fingerprint density at radius 2 is 2.14 bits per heavy atom. The monoisotopic (exact) mass is 396 g/mol. The summed E-state index contributed by atoms with van der Waals surface area (Å²) in [5, 5.41) is 10.1. The zero-order valence-corrected chi connectivity index (χ0v) is 17.2. The molecule has 0 aliphatic rings. The number of rotatable bonds is 8. The zero-order chi connectivity index (χ0) is 20.1. The van der Waals surface area contributed by atoms with E-state index < -0.39 is 0 Å². The molecule has 3 aromatic rings. The first kappa shape index (κ1) is 19.8. The molecule has 0 fully saturated rings. The Labute approximate surface area is 168 Å². The number of carbonyl (C=O) groups is 1. The number of nitrogens with one attached hydrogen (secondary N) is 1. The van der Waals surface area contributed by atoms with Gasteiger partial charge in [0, 0.05) is 16.6 Å². The number of hydrogen-bond donors (Lipinski definition) is 1. The van der Waals surface area contributed by atoms with Crippen LogP contribution >= 0.6 is 11.3 Å². The van der Waals surface area contributed by atoms with Crippen molar-refractivity contribution in [3.63, 3.8) is 0 Å². The van der Waals surface area contributed by atoms with E-state index in [2.05, 4.69) is 22.0 Å². The van der Waals surface area contributed by atoms with Gasteiger partial charge in [-0.25, -0.2) is 9.67 Å². The van der Waals surface area contributed by atoms with Crippen LogP contribution in [0.15, 0.2) is 42.3 Å². The van der Waals surface area contributed by atoms with Crippen LogP contribution in [-0.4, -0.2) is 27.3 Å². The van der Waals surface area contributed by atoms with Gasteiger partial charge in [-0.1, -0.05) is 18.2 Å². The Balaban J connectivity index is 1.72. The highest BCUT2D eigenvalue weighted by Crippen LogP contribution is 2.25. The number of carbonyl (C=O) groups excluding carboxylic acids is 1. The van der Waals surface area contributed by atoms with Crippen molar-refractivity contribution >= 4 is 22.9 Å². The van der Waals surface area contributed by atoms with Gasteiger partial charge in [-0.15, -0.1) is 17.9 Å². The van der Waals surface area contributed by atoms with Crippen LogP contribution in [0.5, 0.6) is 5.75 Å². The summed E-state index contributed by atoms with van der Waals surface area (Å²) in [6, 6.07) is 7.40. The van der Waals surface area contributed by atoms with Gasteiger partial charge in [0.15, 0.2) is 0 Å². The summed E-state index contributed by atoms with van der Waals surface area (Å²) in [5.74, 6) is 0.527. The number of nitrogens with zero attached hydrogens (tertiary/aromatic N) is 3. The maximum absolute atomic E-state index is 12.5. The molecule has 2 heterocycles. The summed E-state index contributed by atoms with van der Waals surface area (Å²) < 4.78 is 7.39. The third-order valence-corrected chi connectivity index (χ3v) is 5.18. The predicted molar refractivity (Wildman–Crippen MR) is 113 cm³/mol. The zero-order valence-electron chi connectivity index (χ0n) is 16.4. The van der Waals surface area contributed by atoms with E-state index in [9.17, 15) is 4.79 Å². The minimum absolute atomic E-state index is 0.135. The highest BCUT2D eigenvalue weighted by Gasteiger charge is 2.16. The molecule has 0 saturated heterocycles. The van der Waals surface area contributed by atoms with Gasteiger partial charge in [-0.2, -0.15) is 5.10 Å². The molecule has 0 spiro atoms. The fraction of sp³-hybridized carbons (Fsp3) is 0.286. The molecule has 0 atom stereocenters. The second kappa shape index (κ2) is 8.84. The molecular formula is C21H24N4O2S. The Hall–Kier alpha value is -2.93. The lowest BCUT2D eigenvalue weighted by Gasteiger charge is -2.10. The van der Waals surface area contributed by atoms with Crippen molar-refractivity contribution in [2.45, 2.75) is 33.6 Å². The Bertz CT molecular complexity index is 990. The summed E-state index contributed by atoms with van der Waals surface area (Å²) in [4.78, 5) is 17.1. The van der Waals surface area contributed by atoms with Crippen LogP contribution in [0.3, 0.4) is 0 Å². The first-order valence-electron chi connectivity index (χ1n) is 9.16. The number of aryl methyl sites for hydroxylation is 1. The van der Waals surface area contributed by atoms with Gasteiger partial charge in [-0.05, 0) is 39.3 Å². The molecule has 0 aliphatic heterocycles. The van der Waals surface area contributed by atoms with Gasteiger partial charge in [0.05, 0.1) is 30.1 Å². The van der Waals surface area contributed by atoms with Crippen molar-refractivity contribution in [1.82, 2.24) is 14.8 Å². The first-order valence-corrected chi connectivity index (χ1v) is 10.0. The van der Waals surface area contributed by atoms with Gasteiger partial charge in [-0.3, -0.25) is 4.79 Å². The Kier molecular flexibility index (Phi) is 6.26. The van der Waals surface area contributed by atoms with Gasteiger partial charge in [0.1, 0.15) is 5.75 Å². The van der Waals surface area contributed by atoms with Crippen molar-refractivity contribution in [2.75, 3.05) is 11.9 Å². The van der Waals surface area contributed by atoms with Crippen LogP contribution in [0, 0.1) is 13.8 Å². The summed E-state index contributed by atoms with van der Waals surface area (Å²) in [7, 11) is 0. The average molecular weight is 397 g/mol. The van der Waals surface area contributed by atoms with E-state index in [0.717, 1.165) is 28.5 Å². The quantitative estimate of drug-likeness (QED) is 0.578. The van der Waals surface area contributed by atoms with E-state index in [4.69, 9.17) is 4.74 Å². The molecular weight excluding hydrogens is 372 g/mol. The first-order chi connectivity index (χ1) is 13.5. The number of anilines is 1. The number of amides is 1. The highest BCUT2D eigenvalue weighted by molar-refractivity contribution is 7.12. The lowest BCUT2D eigenvalue weighted by molar-refractivity contribution is -0.115. The van der Waals surface area contributed by atoms with E-state index in [1.807, 2.05) is 61.2 Å². The van der Waals surface area contributed by atoms with E-state index in [1.54, 1.807) is 0 Å². The molecule has 0 aliphatic carbocycles. The van der Waals surface area contributed by atoms with Crippen LogP contribution in [0.1, 0.15) is 29.6 Å². The number of benzene rings is 1. The lowest BCUT2D eigenvalue weighted by atomic mass is 10.1. The number of allylic oxidation sites excluding steroid dienone is 1. The van der Waals surface area contributed by atoms with Crippen LogP contribution in [0.25, 0.3) is 5.13 Å². The number of aromatic nitrogens is 3.